The summed E-state index contributed by atoms with van der Waals surface area (Å²) in [5.74, 6) is -1.49. The lowest BCUT2D eigenvalue weighted by atomic mass is 10.00. The van der Waals surface area contributed by atoms with Gasteiger partial charge in [-0.25, -0.2) is 4.39 Å². The van der Waals surface area contributed by atoms with E-state index in [1.54, 1.807) is 0 Å². The van der Waals surface area contributed by atoms with Crippen molar-refractivity contribution in [3.05, 3.63) is 35.6 Å². The maximum atomic E-state index is 12.8. The lowest BCUT2D eigenvalue weighted by molar-refractivity contribution is -0.137. The van der Waals surface area contributed by atoms with Crippen molar-refractivity contribution in [2.45, 2.75) is 37.8 Å². The first kappa shape index (κ1) is 13.7. The molecule has 2 rings (SSSR count). The standard InChI is InChI=1S/C14H16FNO3/c15-10-3-1-9(2-4-10)14(19)12(7-8-13(17)18)16-11-5-6-11/h1-4,11-12,16H,5-8H2,(H,17,18). The highest BCUT2D eigenvalue weighted by Crippen LogP contribution is 2.21. The molecule has 0 amide bonds. The Morgan fingerprint density at radius 2 is 1.95 bits per heavy atom. The SMILES string of the molecule is O=C(O)CCC(NC1CC1)C(=O)c1ccc(F)cc1. The minimum absolute atomic E-state index is 0.0582. The van der Waals surface area contributed by atoms with Crippen molar-refractivity contribution in [1.82, 2.24) is 5.32 Å². The van der Waals surface area contributed by atoms with E-state index in [-0.39, 0.29) is 18.6 Å². The zero-order valence-corrected chi connectivity index (χ0v) is 10.4. The van der Waals surface area contributed by atoms with E-state index >= 15 is 0 Å². The maximum Gasteiger partial charge on any atom is 0.303 e. The van der Waals surface area contributed by atoms with E-state index in [0.29, 0.717) is 11.6 Å². The van der Waals surface area contributed by atoms with E-state index in [1.165, 1.54) is 24.3 Å². The van der Waals surface area contributed by atoms with Gasteiger partial charge in [-0.2, -0.15) is 0 Å². The van der Waals surface area contributed by atoms with Crippen molar-refractivity contribution in [1.29, 1.82) is 0 Å². The van der Waals surface area contributed by atoms with Crippen molar-refractivity contribution in [2.75, 3.05) is 0 Å². The number of Topliss-reactive ketones (excluding diaryl/α,β-unsaturated/α-hetero) is 1. The van der Waals surface area contributed by atoms with Crippen molar-refractivity contribution < 1.29 is 19.1 Å². The summed E-state index contributed by atoms with van der Waals surface area (Å²) in [7, 11) is 0. The van der Waals surface area contributed by atoms with Crippen LogP contribution in [0.25, 0.3) is 0 Å². The zero-order valence-electron chi connectivity index (χ0n) is 10.4. The van der Waals surface area contributed by atoms with Crippen LogP contribution in [0.4, 0.5) is 4.39 Å². The monoisotopic (exact) mass is 265 g/mol. The first-order valence-electron chi connectivity index (χ1n) is 6.34. The highest BCUT2D eigenvalue weighted by atomic mass is 19.1. The maximum absolute atomic E-state index is 12.8. The van der Waals surface area contributed by atoms with Gasteiger partial charge in [-0.3, -0.25) is 9.59 Å². The Morgan fingerprint density at radius 3 is 2.47 bits per heavy atom. The van der Waals surface area contributed by atoms with Gasteiger partial charge >= 0.3 is 5.97 Å². The summed E-state index contributed by atoms with van der Waals surface area (Å²) >= 11 is 0. The van der Waals surface area contributed by atoms with Crippen molar-refractivity contribution in [3.63, 3.8) is 0 Å². The first-order valence-corrected chi connectivity index (χ1v) is 6.34. The van der Waals surface area contributed by atoms with Crippen LogP contribution in [0.3, 0.4) is 0 Å². The first-order chi connectivity index (χ1) is 9.06. The molecule has 1 unspecified atom stereocenters. The molecule has 1 aromatic carbocycles. The minimum Gasteiger partial charge on any atom is -0.481 e. The molecule has 1 atom stereocenters. The molecule has 0 aromatic heterocycles. The average Bonchev–Trinajstić information content (AvgIpc) is 3.18. The molecule has 0 bridgehead atoms. The van der Waals surface area contributed by atoms with E-state index in [2.05, 4.69) is 5.32 Å². The van der Waals surface area contributed by atoms with Gasteiger partial charge in [0.25, 0.3) is 0 Å². The van der Waals surface area contributed by atoms with Crippen LogP contribution >= 0.6 is 0 Å². The summed E-state index contributed by atoms with van der Waals surface area (Å²) in [6.45, 7) is 0. The van der Waals surface area contributed by atoms with Gasteiger partial charge in [-0.15, -0.1) is 0 Å². The largest absolute Gasteiger partial charge is 0.481 e. The summed E-state index contributed by atoms with van der Waals surface area (Å²) in [4.78, 5) is 22.9. The van der Waals surface area contributed by atoms with Crippen LogP contribution in [0.15, 0.2) is 24.3 Å². The van der Waals surface area contributed by atoms with Crippen LogP contribution in [0, 0.1) is 5.82 Å². The smallest absolute Gasteiger partial charge is 0.303 e. The van der Waals surface area contributed by atoms with Crippen LogP contribution in [-0.4, -0.2) is 28.9 Å². The van der Waals surface area contributed by atoms with E-state index in [9.17, 15) is 14.0 Å². The number of ketones is 1. The molecule has 0 saturated heterocycles. The number of carboxylic acid groups (broad SMARTS) is 1. The van der Waals surface area contributed by atoms with Crippen LogP contribution < -0.4 is 5.32 Å². The summed E-state index contributed by atoms with van der Waals surface area (Å²) in [5, 5.41) is 11.9. The molecule has 0 spiro atoms. The Hall–Kier alpha value is -1.75. The molecule has 1 aliphatic carbocycles. The van der Waals surface area contributed by atoms with Gasteiger partial charge < -0.3 is 10.4 Å². The molecule has 102 valence electrons. The predicted octanol–water partition coefficient (Wildman–Crippen LogP) is 1.99. The number of carboxylic acids is 1. The number of hydrogen-bond acceptors (Lipinski definition) is 3. The topological polar surface area (TPSA) is 66.4 Å². The highest BCUT2D eigenvalue weighted by Gasteiger charge is 2.29. The van der Waals surface area contributed by atoms with Gasteiger partial charge in [0.05, 0.1) is 6.04 Å². The van der Waals surface area contributed by atoms with Gasteiger partial charge in [-0.05, 0) is 43.5 Å². The van der Waals surface area contributed by atoms with Crippen LogP contribution in [0.1, 0.15) is 36.0 Å². The molecule has 5 heteroatoms. The van der Waals surface area contributed by atoms with E-state index < -0.39 is 17.8 Å². The third-order valence-electron chi connectivity index (χ3n) is 3.11. The van der Waals surface area contributed by atoms with Crippen molar-refractivity contribution in [3.8, 4) is 0 Å². The Balaban J connectivity index is 2.04. The second kappa shape index (κ2) is 5.93. The average molecular weight is 265 g/mol. The molecule has 0 radical (unpaired) electrons. The summed E-state index contributed by atoms with van der Waals surface area (Å²) < 4.78 is 12.8. The van der Waals surface area contributed by atoms with Crippen LogP contribution in [0.2, 0.25) is 0 Å². The van der Waals surface area contributed by atoms with Gasteiger partial charge in [0, 0.05) is 18.0 Å². The van der Waals surface area contributed by atoms with Gasteiger partial charge in [0.15, 0.2) is 5.78 Å². The summed E-state index contributed by atoms with van der Waals surface area (Å²) in [6, 6.07) is 5.13. The molecule has 2 N–H and O–H groups in total. The fourth-order valence-electron chi connectivity index (χ4n) is 1.91. The summed E-state index contributed by atoms with van der Waals surface area (Å²) in [6.07, 6.45) is 2.22. The number of carbonyl (C=O) groups is 2. The van der Waals surface area contributed by atoms with E-state index in [0.717, 1.165) is 12.8 Å². The fraction of sp³-hybridized carbons (Fsp3) is 0.429. The molecule has 1 fully saturated rings. The van der Waals surface area contributed by atoms with E-state index in [1.807, 2.05) is 0 Å². The second-order valence-electron chi connectivity index (χ2n) is 4.80. The molecular formula is C14H16FNO3. The molecule has 0 heterocycles. The molecule has 0 aliphatic heterocycles. The number of hydrogen-bond donors (Lipinski definition) is 2. The third kappa shape index (κ3) is 4.13. The quantitative estimate of drug-likeness (QED) is 0.740. The Kier molecular flexibility index (Phi) is 4.27. The number of carbonyl (C=O) groups excluding carboxylic acids is 1. The molecule has 1 aliphatic rings. The highest BCUT2D eigenvalue weighted by molar-refractivity contribution is 6.00. The molecule has 19 heavy (non-hydrogen) atoms. The lowest BCUT2D eigenvalue weighted by Gasteiger charge is -2.16. The zero-order chi connectivity index (χ0) is 13.8. The van der Waals surface area contributed by atoms with Gasteiger partial charge in [0.1, 0.15) is 5.82 Å². The Morgan fingerprint density at radius 1 is 1.32 bits per heavy atom. The summed E-state index contributed by atoms with van der Waals surface area (Å²) in [5.41, 5.74) is 0.407. The fourth-order valence-corrected chi connectivity index (χ4v) is 1.91. The van der Waals surface area contributed by atoms with Crippen molar-refractivity contribution in [2.24, 2.45) is 0 Å². The molecule has 1 saturated carbocycles. The predicted molar refractivity (Wildman–Crippen MR) is 67.5 cm³/mol. The van der Waals surface area contributed by atoms with Crippen molar-refractivity contribution >= 4 is 11.8 Å². The minimum atomic E-state index is -0.922. The van der Waals surface area contributed by atoms with Gasteiger partial charge in [0.2, 0.25) is 0 Å². The molecule has 4 nitrogen and oxygen atoms in total. The van der Waals surface area contributed by atoms with Crippen LogP contribution in [-0.2, 0) is 4.79 Å². The third-order valence-corrected chi connectivity index (χ3v) is 3.11. The Labute approximate surface area is 110 Å². The van der Waals surface area contributed by atoms with Gasteiger partial charge in [-0.1, -0.05) is 0 Å². The molecular weight excluding hydrogens is 249 g/mol. The normalized spacial score (nSPS) is 16.1. The number of halogens is 1. The van der Waals surface area contributed by atoms with E-state index in [4.69, 9.17) is 5.11 Å². The Bertz CT molecular complexity index is 468. The van der Waals surface area contributed by atoms with Crippen LogP contribution in [0.5, 0.6) is 0 Å². The lowest BCUT2D eigenvalue weighted by Crippen LogP contribution is -2.38. The molecule has 1 aromatic rings. The second-order valence-corrected chi connectivity index (χ2v) is 4.80. The number of nitrogens with one attached hydrogen (secondary N) is 1. The number of rotatable bonds is 7. The number of benzene rings is 1. The number of aliphatic carboxylic acids is 1.